The van der Waals surface area contributed by atoms with Gasteiger partial charge in [-0.15, -0.1) is 0 Å². The zero-order chi connectivity index (χ0) is 26.3. The first-order valence-electron chi connectivity index (χ1n) is 13.6. The lowest BCUT2D eigenvalue weighted by molar-refractivity contribution is 0.652. The summed E-state index contributed by atoms with van der Waals surface area (Å²) in [4.78, 5) is 4.53. The molecule has 0 aliphatic carbocycles. The second kappa shape index (κ2) is 8.01. The van der Waals surface area contributed by atoms with E-state index in [4.69, 9.17) is 0 Å². The van der Waals surface area contributed by atoms with Crippen LogP contribution in [0.2, 0.25) is 0 Å². The molecule has 2 nitrogen and oxygen atoms in total. The van der Waals surface area contributed by atoms with Crippen LogP contribution < -0.4 is 26.2 Å². The number of fused-ring (bicyclic) bond motifs is 1. The van der Waals surface area contributed by atoms with E-state index in [-0.39, 0.29) is 12.1 Å². The highest BCUT2D eigenvalue weighted by molar-refractivity contribution is 6.97. The minimum atomic E-state index is -0.133. The lowest BCUT2D eigenvalue weighted by atomic mass is 9.35. The van der Waals surface area contributed by atoms with Crippen LogP contribution in [0.25, 0.3) is 32.3 Å². The first-order chi connectivity index (χ1) is 18.3. The van der Waals surface area contributed by atoms with Crippen LogP contribution in [0, 0.1) is 0 Å². The summed E-state index contributed by atoms with van der Waals surface area (Å²) >= 11 is 0. The summed E-state index contributed by atoms with van der Waals surface area (Å²) in [6, 6.07) is 34.5. The zero-order valence-corrected chi connectivity index (χ0v) is 23.1. The fourth-order valence-electron chi connectivity index (χ4n) is 7.12. The summed E-state index contributed by atoms with van der Waals surface area (Å²) in [5, 5.41) is 8.18. The summed E-state index contributed by atoms with van der Waals surface area (Å²) in [6.45, 7) is 4.97. The van der Waals surface area contributed by atoms with Crippen LogP contribution in [-0.2, 0) is 5.41 Å². The molecule has 0 bridgehead atoms. The van der Waals surface area contributed by atoms with E-state index in [1.54, 1.807) is 0 Å². The highest BCUT2D eigenvalue weighted by atomic mass is 15.1. The Hall–Kier alpha value is -3.98. The smallest absolute Gasteiger partial charge is 0.242 e. The van der Waals surface area contributed by atoms with E-state index in [1.807, 2.05) is 0 Å². The van der Waals surface area contributed by atoms with Gasteiger partial charge in [-0.05, 0) is 33.4 Å². The van der Waals surface area contributed by atoms with Crippen LogP contribution >= 0.6 is 0 Å². The van der Waals surface area contributed by atoms with Crippen molar-refractivity contribution in [2.75, 3.05) is 38.0 Å². The molecule has 1 heterocycles. The van der Waals surface area contributed by atoms with Crippen molar-refractivity contribution in [1.82, 2.24) is 0 Å². The standard InChI is InChI=1S/C35H33BN2/c1-35(2)26-14-10-11-15-28(26)36(23-12-8-7-9-13-23)29-20-25-31(38(5)6)21-30(37(3)4)24-18-16-22-17-19-27(35)34(29)32(22)33(24)25/h7-21H,1-6H3. The average molecular weight is 492 g/mol. The molecule has 6 aromatic carbocycles. The molecule has 0 saturated heterocycles. The second-order valence-electron chi connectivity index (χ2n) is 11.8. The van der Waals surface area contributed by atoms with Crippen molar-refractivity contribution in [1.29, 1.82) is 0 Å². The van der Waals surface area contributed by atoms with Gasteiger partial charge < -0.3 is 9.80 Å². The second-order valence-corrected chi connectivity index (χ2v) is 11.8. The summed E-state index contributed by atoms with van der Waals surface area (Å²) in [5.74, 6) is 0. The van der Waals surface area contributed by atoms with Crippen molar-refractivity contribution in [3.05, 3.63) is 102 Å². The van der Waals surface area contributed by atoms with Crippen molar-refractivity contribution >= 4 is 66.8 Å². The summed E-state index contributed by atoms with van der Waals surface area (Å²) in [7, 11) is 8.65. The Morgan fingerprint density at radius 2 is 1.21 bits per heavy atom. The first kappa shape index (κ1) is 23.2. The van der Waals surface area contributed by atoms with Crippen LogP contribution in [0.4, 0.5) is 11.4 Å². The normalized spacial score (nSPS) is 14.2. The molecule has 1 aliphatic heterocycles. The van der Waals surface area contributed by atoms with Gasteiger partial charge in [0.05, 0.1) is 0 Å². The van der Waals surface area contributed by atoms with E-state index in [2.05, 4.69) is 143 Å². The Morgan fingerprint density at radius 1 is 0.553 bits per heavy atom. The summed E-state index contributed by atoms with van der Waals surface area (Å²) in [5.41, 5.74) is 9.40. The Balaban J connectivity index is 1.78. The van der Waals surface area contributed by atoms with E-state index in [9.17, 15) is 0 Å². The Labute approximate surface area is 225 Å². The Bertz CT molecular complexity index is 1850. The van der Waals surface area contributed by atoms with Crippen LogP contribution in [0.3, 0.4) is 0 Å². The van der Waals surface area contributed by atoms with Gasteiger partial charge in [0.1, 0.15) is 0 Å². The molecule has 0 atom stereocenters. The summed E-state index contributed by atoms with van der Waals surface area (Å²) < 4.78 is 0. The molecule has 0 N–H and O–H groups in total. The maximum Gasteiger partial charge on any atom is 0.242 e. The molecule has 3 heteroatoms. The van der Waals surface area contributed by atoms with Gasteiger partial charge in [-0.1, -0.05) is 115 Å². The molecule has 0 aromatic heterocycles. The molecule has 0 spiro atoms. The number of anilines is 2. The van der Waals surface area contributed by atoms with Crippen molar-refractivity contribution in [3.63, 3.8) is 0 Å². The third-order valence-corrected chi connectivity index (χ3v) is 8.90. The van der Waals surface area contributed by atoms with Crippen LogP contribution in [0.15, 0.2) is 91.0 Å². The van der Waals surface area contributed by atoms with Crippen molar-refractivity contribution in [2.24, 2.45) is 0 Å². The van der Waals surface area contributed by atoms with Gasteiger partial charge in [0, 0.05) is 61.1 Å². The fraction of sp³-hybridized carbons (Fsp3) is 0.200. The molecular weight excluding hydrogens is 459 g/mol. The van der Waals surface area contributed by atoms with Crippen LogP contribution in [0.5, 0.6) is 0 Å². The Morgan fingerprint density at radius 3 is 1.95 bits per heavy atom. The quantitative estimate of drug-likeness (QED) is 0.225. The van der Waals surface area contributed by atoms with E-state index >= 15 is 0 Å². The number of hydrogen-bond acceptors (Lipinski definition) is 2. The van der Waals surface area contributed by atoms with Gasteiger partial charge in [-0.25, -0.2) is 0 Å². The number of rotatable bonds is 3. The van der Waals surface area contributed by atoms with Crippen LogP contribution in [-0.4, -0.2) is 34.9 Å². The SMILES string of the molecule is CN(C)c1cc(N(C)C)c2cc3c4c(ccc5ccc1c2c54)C(C)(C)c1ccccc1B3c1ccccc1. The van der Waals surface area contributed by atoms with Crippen molar-refractivity contribution in [2.45, 2.75) is 19.3 Å². The monoisotopic (exact) mass is 492 g/mol. The lowest BCUT2D eigenvalue weighted by Crippen LogP contribution is -2.53. The van der Waals surface area contributed by atoms with Crippen molar-refractivity contribution < 1.29 is 0 Å². The highest BCUT2D eigenvalue weighted by Gasteiger charge is 2.38. The fourth-order valence-corrected chi connectivity index (χ4v) is 7.12. The first-order valence-corrected chi connectivity index (χ1v) is 13.6. The molecule has 0 amide bonds. The molecule has 0 unspecified atom stereocenters. The summed E-state index contributed by atoms with van der Waals surface area (Å²) in [6.07, 6.45) is 0. The minimum absolute atomic E-state index is 0.133. The van der Waals surface area contributed by atoms with E-state index < -0.39 is 0 Å². The van der Waals surface area contributed by atoms with E-state index in [0.717, 1.165) is 0 Å². The largest absolute Gasteiger partial charge is 0.377 e. The van der Waals surface area contributed by atoms with Crippen LogP contribution in [0.1, 0.15) is 25.0 Å². The predicted molar refractivity (Wildman–Crippen MR) is 168 cm³/mol. The topological polar surface area (TPSA) is 6.48 Å². The molecule has 1 aliphatic rings. The van der Waals surface area contributed by atoms with Gasteiger partial charge in [0.25, 0.3) is 0 Å². The molecule has 0 fully saturated rings. The third-order valence-electron chi connectivity index (χ3n) is 8.90. The third kappa shape index (κ3) is 3.02. The average Bonchev–Trinajstić information content (AvgIpc) is 3.00. The van der Waals surface area contributed by atoms with Gasteiger partial charge in [0.2, 0.25) is 6.71 Å². The number of nitrogens with zero attached hydrogens (tertiary/aromatic N) is 2. The molecule has 0 radical (unpaired) electrons. The lowest BCUT2D eigenvalue weighted by Gasteiger charge is -2.29. The molecule has 38 heavy (non-hydrogen) atoms. The Kier molecular flexibility index (Phi) is 4.88. The molecule has 186 valence electrons. The number of benzene rings is 6. The molecule has 0 saturated carbocycles. The van der Waals surface area contributed by atoms with Gasteiger partial charge >= 0.3 is 0 Å². The van der Waals surface area contributed by atoms with E-state index in [1.165, 1.54) is 71.2 Å². The molecule has 6 aromatic rings. The predicted octanol–water partition coefficient (Wildman–Crippen LogP) is 5.87. The zero-order valence-electron chi connectivity index (χ0n) is 23.1. The van der Waals surface area contributed by atoms with Gasteiger partial charge in [-0.3, -0.25) is 0 Å². The van der Waals surface area contributed by atoms with Gasteiger partial charge in [0.15, 0.2) is 0 Å². The van der Waals surface area contributed by atoms with E-state index in [0.29, 0.717) is 0 Å². The maximum absolute atomic E-state index is 2.53. The molecule has 7 rings (SSSR count). The minimum Gasteiger partial charge on any atom is -0.377 e. The van der Waals surface area contributed by atoms with Gasteiger partial charge in [-0.2, -0.15) is 0 Å². The molecular formula is C35H33BN2. The number of hydrogen-bond donors (Lipinski definition) is 0. The highest BCUT2D eigenvalue weighted by Crippen LogP contribution is 2.46. The van der Waals surface area contributed by atoms with Crippen molar-refractivity contribution in [3.8, 4) is 0 Å². The maximum atomic E-state index is 2.53.